The summed E-state index contributed by atoms with van der Waals surface area (Å²) >= 11 is 1.34. The van der Waals surface area contributed by atoms with E-state index in [9.17, 15) is 22.9 Å². The largest absolute Gasteiger partial charge is 0.273 e. The summed E-state index contributed by atoms with van der Waals surface area (Å²) in [6, 6.07) is 20.6. The fourth-order valence-electron chi connectivity index (χ4n) is 3.63. The first kappa shape index (κ1) is 26.5. The summed E-state index contributed by atoms with van der Waals surface area (Å²) in [7, 11) is -3.62. The molecular weight excluding hydrogens is 517 g/mol. The van der Waals surface area contributed by atoms with E-state index in [1.54, 1.807) is 35.8 Å². The molecule has 1 unspecified atom stereocenters. The Kier molecular flexibility index (Phi) is 8.31. The fourth-order valence-corrected chi connectivity index (χ4v) is 5.33. The van der Waals surface area contributed by atoms with Crippen molar-refractivity contribution in [3.8, 4) is 5.69 Å². The molecule has 0 aliphatic heterocycles. The van der Waals surface area contributed by atoms with Crippen molar-refractivity contribution in [2.24, 2.45) is 0 Å². The minimum Gasteiger partial charge on any atom is -0.273 e. The Morgan fingerprint density at radius 2 is 1.68 bits per heavy atom. The number of nitro benzene ring substituents is 1. The van der Waals surface area contributed by atoms with Crippen molar-refractivity contribution in [1.82, 2.24) is 19.5 Å². The molecule has 1 heterocycles. The zero-order valence-corrected chi connectivity index (χ0v) is 21.5. The molecule has 0 bridgehead atoms. The minimum absolute atomic E-state index is 0.0774. The summed E-state index contributed by atoms with van der Waals surface area (Å²) in [5.74, 6) is 0.347. The van der Waals surface area contributed by atoms with E-state index in [0.717, 1.165) is 11.1 Å². The van der Waals surface area contributed by atoms with E-state index in [2.05, 4.69) is 14.9 Å². The maximum absolute atomic E-state index is 13.3. The van der Waals surface area contributed by atoms with Gasteiger partial charge in [-0.1, -0.05) is 54.2 Å². The highest BCUT2D eigenvalue weighted by atomic mass is 32.2. The maximum Gasteiger partial charge on any atom is 0.269 e. The smallest absolute Gasteiger partial charge is 0.269 e. The van der Waals surface area contributed by atoms with E-state index < -0.39 is 21.0 Å². The highest BCUT2D eigenvalue weighted by molar-refractivity contribution is 7.98. The number of hydrogen-bond donors (Lipinski definition) is 1. The van der Waals surface area contributed by atoms with Gasteiger partial charge < -0.3 is 0 Å². The van der Waals surface area contributed by atoms with Crippen LogP contribution in [-0.2, 0) is 22.2 Å². The molecule has 0 radical (unpaired) electrons. The van der Waals surface area contributed by atoms with Crippen LogP contribution in [0.3, 0.4) is 0 Å². The summed E-state index contributed by atoms with van der Waals surface area (Å²) < 4.78 is 43.0. The number of non-ortho nitro benzene ring substituents is 1. The van der Waals surface area contributed by atoms with Gasteiger partial charge in [-0.3, -0.25) is 14.7 Å². The van der Waals surface area contributed by atoms with E-state index in [-0.39, 0.29) is 17.3 Å². The number of nitrogens with zero attached hydrogens (tertiary/aromatic N) is 4. The number of thioether (sulfide) groups is 1. The van der Waals surface area contributed by atoms with E-state index in [1.807, 2.05) is 30.3 Å². The van der Waals surface area contributed by atoms with Crippen LogP contribution in [0.1, 0.15) is 29.9 Å². The lowest BCUT2D eigenvalue weighted by atomic mass is 10.1. The van der Waals surface area contributed by atoms with Crippen molar-refractivity contribution >= 4 is 27.5 Å². The van der Waals surface area contributed by atoms with Crippen LogP contribution < -0.4 is 4.72 Å². The third kappa shape index (κ3) is 6.79. The number of nitro groups is 1. The average molecular weight is 542 g/mol. The monoisotopic (exact) mass is 541 g/mol. The Morgan fingerprint density at radius 1 is 1.00 bits per heavy atom. The molecule has 192 valence electrons. The number of nitrogens with one attached hydrogen (secondary N) is 1. The molecule has 0 spiro atoms. The zero-order valence-electron chi connectivity index (χ0n) is 19.8. The molecule has 1 aromatic heterocycles. The standard InChI is InChI=1S/C25H24FN5O4S2/c1-2-37(34,35)29-23(16-18-6-4-3-5-7-18)24-27-28-25(36-17-19-8-10-20(26)11-9-19)30(24)21-12-14-22(15-13-21)31(32)33/h3-15,23,29H,2,16-17H2,1H3. The molecule has 0 fully saturated rings. The lowest BCUT2D eigenvalue weighted by molar-refractivity contribution is -0.384. The molecule has 4 rings (SSSR count). The predicted octanol–water partition coefficient (Wildman–Crippen LogP) is 4.83. The van der Waals surface area contributed by atoms with Gasteiger partial charge >= 0.3 is 0 Å². The summed E-state index contributed by atoms with van der Waals surface area (Å²) in [5, 5.41) is 20.3. The second-order valence-electron chi connectivity index (χ2n) is 8.13. The van der Waals surface area contributed by atoms with E-state index in [0.29, 0.717) is 28.8 Å². The van der Waals surface area contributed by atoms with Gasteiger partial charge in [-0.25, -0.2) is 17.5 Å². The van der Waals surface area contributed by atoms with E-state index in [1.165, 1.54) is 36.0 Å². The van der Waals surface area contributed by atoms with Crippen molar-refractivity contribution in [2.45, 2.75) is 30.3 Å². The first-order valence-corrected chi connectivity index (χ1v) is 14.0. The van der Waals surface area contributed by atoms with Crippen molar-refractivity contribution in [2.75, 3.05) is 5.75 Å². The fraction of sp³-hybridized carbons (Fsp3) is 0.200. The van der Waals surface area contributed by atoms with Crippen LogP contribution in [0.2, 0.25) is 0 Å². The molecule has 12 heteroatoms. The zero-order chi connectivity index (χ0) is 26.4. The lowest BCUT2D eigenvalue weighted by Gasteiger charge is -2.20. The molecule has 9 nitrogen and oxygen atoms in total. The van der Waals surface area contributed by atoms with Gasteiger partial charge in [0.25, 0.3) is 5.69 Å². The lowest BCUT2D eigenvalue weighted by Crippen LogP contribution is -2.33. The summed E-state index contributed by atoms with van der Waals surface area (Å²) in [4.78, 5) is 10.7. The van der Waals surface area contributed by atoms with Gasteiger partial charge in [0.15, 0.2) is 11.0 Å². The van der Waals surface area contributed by atoms with Gasteiger partial charge in [-0.05, 0) is 48.7 Å². The van der Waals surface area contributed by atoms with E-state index in [4.69, 9.17) is 0 Å². The molecular formula is C25H24FN5O4S2. The first-order valence-electron chi connectivity index (χ1n) is 11.4. The molecule has 4 aromatic rings. The molecule has 0 saturated heterocycles. The van der Waals surface area contributed by atoms with Gasteiger partial charge in [0.1, 0.15) is 5.82 Å². The van der Waals surface area contributed by atoms with Crippen molar-refractivity contribution in [3.63, 3.8) is 0 Å². The highest BCUT2D eigenvalue weighted by Crippen LogP contribution is 2.30. The molecule has 0 amide bonds. The predicted molar refractivity (Wildman–Crippen MR) is 139 cm³/mol. The van der Waals surface area contributed by atoms with Crippen LogP contribution in [0.5, 0.6) is 0 Å². The van der Waals surface area contributed by atoms with Crippen molar-refractivity contribution < 1.29 is 17.7 Å². The number of halogens is 1. The van der Waals surface area contributed by atoms with Gasteiger partial charge in [0.2, 0.25) is 10.0 Å². The van der Waals surface area contributed by atoms with Crippen molar-refractivity contribution in [1.29, 1.82) is 0 Å². The molecule has 1 atom stereocenters. The van der Waals surface area contributed by atoms with Crippen LogP contribution >= 0.6 is 11.8 Å². The first-order chi connectivity index (χ1) is 17.8. The number of rotatable bonds is 11. The average Bonchev–Trinajstić information content (AvgIpc) is 3.32. The highest BCUT2D eigenvalue weighted by Gasteiger charge is 2.27. The summed E-state index contributed by atoms with van der Waals surface area (Å²) in [6.45, 7) is 1.55. The number of benzene rings is 3. The minimum atomic E-state index is -3.62. The van der Waals surface area contributed by atoms with Gasteiger partial charge in [0, 0.05) is 23.6 Å². The van der Waals surface area contributed by atoms with E-state index >= 15 is 0 Å². The normalized spacial score (nSPS) is 12.4. The van der Waals surface area contributed by atoms with Gasteiger partial charge in [0.05, 0.1) is 16.7 Å². The molecule has 1 N–H and O–H groups in total. The molecule has 0 aliphatic carbocycles. The topological polar surface area (TPSA) is 120 Å². The Bertz CT molecular complexity index is 1460. The molecule has 0 aliphatic rings. The number of sulfonamides is 1. The van der Waals surface area contributed by atoms with Crippen LogP contribution in [0.4, 0.5) is 10.1 Å². The Labute approximate surface area is 218 Å². The van der Waals surface area contributed by atoms with Gasteiger partial charge in [-0.2, -0.15) is 0 Å². The van der Waals surface area contributed by atoms with Crippen LogP contribution in [0, 0.1) is 15.9 Å². The SMILES string of the molecule is CCS(=O)(=O)NC(Cc1ccccc1)c1nnc(SCc2ccc(F)cc2)n1-c1ccc([N+](=O)[O-])cc1. The number of aromatic nitrogens is 3. The Balaban J connectivity index is 1.77. The maximum atomic E-state index is 13.3. The van der Waals surface area contributed by atoms with Crippen LogP contribution in [0.15, 0.2) is 84.0 Å². The van der Waals surface area contributed by atoms with Crippen LogP contribution in [0.25, 0.3) is 5.69 Å². The third-order valence-electron chi connectivity index (χ3n) is 5.55. The second-order valence-corrected chi connectivity index (χ2v) is 11.1. The molecule has 0 saturated carbocycles. The van der Waals surface area contributed by atoms with Crippen LogP contribution in [-0.4, -0.2) is 33.9 Å². The van der Waals surface area contributed by atoms with Gasteiger partial charge in [-0.15, -0.1) is 10.2 Å². The Morgan fingerprint density at radius 3 is 2.30 bits per heavy atom. The van der Waals surface area contributed by atoms with Crippen molar-refractivity contribution in [3.05, 3.63) is 112 Å². The number of hydrogen-bond acceptors (Lipinski definition) is 7. The summed E-state index contributed by atoms with van der Waals surface area (Å²) in [5.41, 5.74) is 2.22. The molecule has 37 heavy (non-hydrogen) atoms. The summed E-state index contributed by atoms with van der Waals surface area (Å²) in [6.07, 6.45) is 0.313. The molecule has 3 aromatic carbocycles. The third-order valence-corrected chi connectivity index (χ3v) is 7.96. The Hall–Kier alpha value is -3.61. The quantitative estimate of drug-likeness (QED) is 0.164. The second kappa shape index (κ2) is 11.6.